The van der Waals surface area contributed by atoms with Gasteiger partial charge in [-0.05, 0) is 49.8 Å². The molecule has 0 amide bonds. The smallest absolute Gasteiger partial charge is 0.0624 e. The molecular formula is C16H23Cl2NO2. The summed E-state index contributed by atoms with van der Waals surface area (Å²) < 4.78 is 5.55. The van der Waals surface area contributed by atoms with E-state index >= 15 is 0 Å². The molecule has 1 aliphatic carbocycles. The van der Waals surface area contributed by atoms with Crippen LogP contribution in [-0.4, -0.2) is 30.5 Å². The van der Waals surface area contributed by atoms with Crippen LogP contribution in [0.2, 0.25) is 10.0 Å². The summed E-state index contributed by atoms with van der Waals surface area (Å²) in [5, 5.41) is 11.7. The number of ether oxygens (including phenoxy) is 1. The van der Waals surface area contributed by atoms with Crippen molar-refractivity contribution in [3.05, 3.63) is 33.8 Å². The minimum atomic E-state index is -0.485. The Hall–Kier alpha value is -0.320. The van der Waals surface area contributed by atoms with E-state index in [0.717, 1.165) is 31.4 Å². The van der Waals surface area contributed by atoms with Crippen LogP contribution in [0.4, 0.5) is 0 Å². The molecule has 0 spiro atoms. The van der Waals surface area contributed by atoms with Gasteiger partial charge in [0.2, 0.25) is 0 Å². The number of rotatable bonds is 7. The van der Waals surface area contributed by atoms with Gasteiger partial charge in [-0.3, -0.25) is 0 Å². The van der Waals surface area contributed by atoms with Crippen molar-refractivity contribution in [2.45, 2.75) is 44.3 Å². The summed E-state index contributed by atoms with van der Waals surface area (Å²) in [4.78, 5) is 0. The first-order valence-electron chi connectivity index (χ1n) is 7.49. The molecule has 0 bridgehead atoms. The summed E-state index contributed by atoms with van der Waals surface area (Å²) in [6.45, 7) is 3.13. The number of aliphatic hydroxyl groups excluding tert-OH is 1. The Morgan fingerprint density at radius 1 is 1.38 bits per heavy atom. The third kappa shape index (κ3) is 4.33. The monoisotopic (exact) mass is 331 g/mol. The molecule has 2 atom stereocenters. The van der Waals surface area contributed by atoms with Gasteiger partial charge in [-0.2, -0.15) is 0 Å². The standard InChI is InChI=1S/C16H23Cl2NO2/c1-2-21-12-5-10(6-12)7-16(20)14(9-19)13-4-3-11(17)8-15(13)18/h3-4,8,10,12,14,16,20H,2,5-7,9,19H2,1H3. The van der Waals surface area contributed by atoms with Crippen LogP contribution in [-0.2, 0) is 4.74 Å². The number of aliphatic hydroxyl groups is 1. The van der Waals surface area contributed by atoms with Crippen LogP contribution in [0.1, 0.15) is 37.7 Å². The maximum Gasteiger partial charge on any atom is 0.0624 e. The van der Waals surface area contributed by atoms with E-state index in [0.29, 0.717) is 28.6 Å². The molecule has 1 fully saturated rings. The molecular weight excluding hydrogens is 309 g/mol. The number of hydrogen-bond donors (Lipinski definition) is 2. The molecule has 1 saturated carbocycles. The van der Waals surface area contributed by atoms with E-state index in [1.165, 1.54) is 0 Å². The van der Waals surface area contributed by atoms with Crippen LogP contribution >= 0.6 is 23.2 Å². The van der Waals surface area contributed by atoms with Crippen molar-refractivity contribution in [2.75, 3.05) is 13.2 Å². The van der Waals surface area contributed by atoms with Gasteiger partial charge in [-0.15, -0.1) is 0 Å². The largest absolute Gasteiger partial charge is 0.392 e. The lowest BCUT2D eigenvalue weighted by Gasteiger charge is -2.37. The van der Waals surface area contributed by atoms with Gasteiger partial charge in [-0.25, -0.2) is 0 Å². The summed E-state index contributed by atoms with van der Waals surface area (Å²) >= 11 is 12.1. The maximum absolute atomic E-state index is 10.5. The third-order valence-corrected chi connectivity index (χ3v) is 4.81. The molecule has 0 radical (unpaired) electrons. The lowest BCUT2D eigenvalue weighted by Crippen LogP contribution is -2.36. The highest BCUT2D eigenvalue weighted by Crippen LogP contribution is 2.37. The molecule has 1 aromatic carbocycles. The van der Waals surface area contributed by atoms with Gasteiger partial charge in [0, 0.05) is 29.1 Å². The van der Waals surface area contributed by atoms with Crippen LogP contribution in [0.15, 0.2) is 18.2 Å². The third-order valence-electron chi connectivity index (χ3n) is 4.25. The van der Waals surface area contributed by atoms with E-state index in [2.05, 4.69) is 0 Å². The SMILES string of the molecule is CCOC1CC(CC(O)C(CN)c2ccc(Cl)cc2Cl)C1. The fraction of sp³-hybridized carbons (Fsp3) is 0.625. The molecule has 0 saturated heterocycles. The van der Waals surface area contributed by atoms with E-state index in [4.69, 9.17) is 33.7 Å². The second-order valence-corrected chi connectivity index (χ2v) is 6.57. The minimum Gasteiger partial charge on any atom is -0.392 e. The van der Waals surface area contributed by atoms with Gasteiger partial charge in [-0.1, -0.05) is 29.3 Å². The van der Waals surface area contributed by atoms with Crippen LogP contribution in [0.5, 0.6) is 0 Å². The van der Waals surface area contributed by atoms with Crippen molar-refractivity contribution < 1.29 is 9.84 Å². The molecule has 5 heteroatoms. The molecule has 3 nitrogen and oxygen atoms in total. The Kier molecular flexibility index (Phi) is 6.33. The highest BCUT2D eigenvalue weighted by molar-refractivity contribution is 6.35. The summed E-state index contributed by atoms with van der Waals surface area (Å²) in [6, 6.07) is 5.34. The molecule has 0 heterocycles. The second kappa shape index (κ2) is 7.80. The first kappa shape index (κ1) is 17.0. The summed E-state index contributed by atoms with van der Waals surface area (Å²) in [5.41, 5.74) is 6.72. The highest BCUT2D eigenvalue weighted by Gasteiger charge is 2.33. The van der Waals surface area contributed by atoms with Crippen molar-refractivity contribution in [3.8, 4) is 0 Å². The highest BCUT2D eigenvalue weighted by atomic mass is 35.5. The minimum absolute atomic E-state index is 0.152. The predicted octanol–water partition coefficient (Wildman–Crippen LogP) is 3.60. The number of benzene rings is 1. The number of hydrogen-bond acceptors (Lipinski definition) is 3. The molecule has 118 valence electrons. The van der Waals surface area contributed by atoms with Crippen molar-refractivity contribution in [3.63, 3.8) is 0 Å². The molecule has 2 rings (SSSR count). The Morgan fingerprint density at radius 2 is 2.10 bits per heavy atom. The first-order chi connectivity index (χ1) is 10.0. The van der Waals surface area contributed by atoms with E-state index in [-0.39, 0.29) is 5.92 Å². The average Bonchev–Trinajstić information content (AvgIpc) is 2.39. The van der Waals surface area contributed by atoms with Crippen LogP contribution < -0.4 is 5.73 Å². The quantitative estimate of drug-likeness (QED) is 0.802. The van der Waals surface area contributed by atoms with Gasteiger partial charge in [0.05, 0.1) is 12.2 Å². The van der Waals surface area contributed by atoms with E-state index in [1.807, 2.05) is 13.0 Å². The zero-order valence-electron chi connectivity index (χ0n) is 12.3. The van der Waals surface area contributed by atoms with Crippen molar-refractivity contribution in [1.82, 2.24) is 0 Å². The van der Waals surface area contributed by atoms with E-state index in [1.54, 1.807) is 12.1 Å². The maximum atomic E-state index is 10.5. The lowest BCUT2D eigenvalue weighted by molar-refractivity contribution is -0.0398. The van der Waals surface area contributed by atoms with Crippen LogP contribution in [0.3, 0.4) is 0 Å². The van der Waals surface area contributed by atoms with E-state index < -0.39 is 6.10 Å². The second-order valence-electron chi connectivity index (χ2n) is 5.73. The predicted molar refractivity (Wildman–Crippen MR) is 87.0 cm³/mol. The van der Waals surface area contributed by atoms with Gasteiger partial charge in [0.1, 0.15) is 0 Å². The first-order valence-corrected chi connectivity index (χ1v) is 8.25. The lowest BCUT2D eigenvalue weighted by atomic mass is 9.76. The Balaban J connectivity index is 1.94. The summed E-state index contributed by atoms with van der Waals surface area (Å²) in [7, 11) is 0. The zero-order valence-corrected chi connectivity index (χ0v) is 13.8. The van der Waals surface area contributed by atoms with Crippen LogP contribution in [0.25, 0.3) is 0 Å². The number of halogens is 2. The van der Waals surface area contributed by atoms with Crippen molar-refractivity contribution in [1.29, 1.82) is 0 Å². The normalized spacial score (nSPS) is 24.4. The van der Waals surface area contributed by atoms with E-state index in [9.17, 15) is 5.11 Å². The fourth-order valence-electron chi connectivity index (χ4n) is 3.04. The number of nitrogens with two attached hydrogens (primary N) is 1. The van der Waals surface area contributed by atoms with Gasteiger partial charge in [0.25, 0.3) is 0 Å². The van der Waals surface area contributed by atoms with Crippen molar-refractivity contribution in [2.24, 2.45) is 11.7 Å². The zero-order chi connectivity index (χ0) is 15.4. The molecule has 2 unspecified atom stereocenters. The molecule has 0 aromatic heterocycles. The van der Waals surface area contributed by atoms with Crippen molar-refractivity contribution >= 4 is 23.2 Å². The van der Waals surface area contributed by atoms with Gasteiger partial charge < -0.3 is 15.6 Å². The Labute approximate surface area is 136 Å². The Bertz CT molecular complexity index is 464. The molecule has 1 aromatic rings. The fourth-order valence-corrected chi connectivity index (χ4v) is 3.59. The topological polar surface area (TPSA) is 55.5 Å². The molecule has 0 aliphatic heterocycles. The summed E-state index contributed by atoms with van der Waals surface area (Å²) in [6.07, 6.45) is 2.67. The van der Waals surface area contributed by atoms with Gasteiger partial charge in [0.15, 0.2) is 0 Å². The average molecular weight is 332 g/mol. The molecule has 1 aliphatic rings. The molecule has 3 N–H and O–H groups in total. The molecule has 21 heavy (non-hydrogen) atoms. The van der Waals surface area contributed by atoms with Gasteiger partial charge >= 0.3 is 0 Å². The van der Waals surface area contributed by atoms with Crippen LogP contribution in [0, 0.1) is 5.92 Å². The summed E-state index contributed by atoms with van der Waals surface area (Å²) in [5.74, 6) is 0.359. The Morgan fingerprint density at radius 3 is 2.67 bits per heavy atom.